The topological polar surface area (TPSA) is 90.0 Å². The van der Waals surface area contributed by atoms with Crippen LogP contribution in [0, 0.1) is 0 Å². The van der Waals surface area contributed by atoms with E-state index in [0.29, 0.717) is 11.3 Å². The van der Waals surface area contributed by atoms with Crippen molar-refractivity contribution >= 4 is 34.7 Å². The van der Waals surface area contributed by atoms with Gasteiger partial charge in [0.05, 0.1) is 11.3 Å². The third kappa shape index (κ3) is 4.31. The average Bonchev–Trinajstić information content (AvgIpc) is 2.68. The van der Waals surface area contributed by atoms with Crippen LogP contribution in [0.25, 0.3) is 0 Å². The van der Waals surface area contributed by atoms with E-state index in [0.717, 1.165) is 37.6 Å². The summed E-state index contributed by atoms with van der Waals surface area (Å²) in [5.74, 6) is -1.33. The Bertz CT molecular complexity index is 900. The maximum Gasteiger partial charge on any atom is 0.337 e. The van der Waals surface area contributed by atoms with Crippen LogP contribution in [0.15, 0.2) is 42.5 Å². The van der Waals surface area contributed by atoms with Crippen molar-refractivity contribution in [3.63, 3.8) is 0 Å². The van der Waals surface area contributed by atoms with Crippen LogP contribution in [0.2, 0.25) is 0 Å². The molecule has 0 spiro atoms. The summed E-state index contributed by atoms with van der Waals surface area (Å²) in [7, 11) is 0. The molecule has 0 radical (unpaired) electrons. The van der Waals surface area contributed by atoms with Gasteiger partial charge in [-0.2, -0.15) is 0 Å². The summed E-state index contributed by atoms with van der Waals surface area (Å²) in [6, 6.07) is 12.6. The smallest absolute Gasteiger partial charge is 0.337 e. The molecule has 0 bridgehead atoms. The number of anilines is 3. The molecule has 1 saturated heterocycles. The highest BCUT2D eigenvalue weighted by molar-refractivity contribution is 6.00. The highest BCUT2D eigenvalue weighted by Crippen LogP contribution is 2.26. The average molecular weight is 381 g/mol. The monoisotopic (exact) mass is 381 g/mol. The fourth-order valence-electron chi connectivity index (χ4n) is 3.33. The third-order valence-electron chi connectivity index (χ3n) is 4.83. The van der Waals surface area contributed by atoms with Gasteiger partial charge in [-0.15, -0.1) is 0 Å². The molecule has 0 unspecified atom stereocenters. The Kier molecular flexibility index (Phi) is 5.63. The maximum absolute atomic E-state index is 11.5. The third-order valence-corrected chi connectivity index (χ3v) is 4.83. The minimum absolute atomic E-state index is 0.0494. The Hall–Kier alpha value is -3.35. The predicted molar refractivity (Wildman–Crippen MR) is 109 cm³/mol. The van der Waals surface area contributed by atoms with E-state index in [4.69, 9.17) is 0 Å². The van der Waals surface area contributed by atoms with Crippen LogP contribution in [0.1, 0.15) is 34.6 Å². The number of carbonyl (C=O) groups is 3. The number of benzene rings is 2. The van der Waals surface area contributed by atoms with Crippen LogP contribution in [0.4, 0.5) is 17.1 Å². The Morgan fingerprint density at radius 2 is 1.39 bits per heavy atom. The molecule has 0 atom stereocenters. The summed E-state index contributed by atoms with van der Waals surface area (Å²) < 4.78 is 0. The van der Waals surface area contributed by atoms with Crippen molar-refractivity contribution < 1.29 is 19.5 Å². The lowest BCUT2D eigenvalue weighted by Crippen LogP contribution is -2.46. The number of nitrogens with zero attached hydrogens (tertiary/aromatic N) is 2. The van der Waals surface area contributed by atoms with Gasteiger partial charge in [0.25, 0.3) is 0 Å². The standard InChI is InChI=1S/C21H23N3O4/c1-14(25)16-3-5-17(6-4-16)23-9-11-24(12-10-23)18-7-8-20(22-15(2)26)19(13-18)21(27)28/h3-8,13H,9-12H2,1-2H3,(H,22,26)(H,27,28). The number of piperazine rings is 1. The van der Waals surface area contributed by atoms with Gasteiger partial charge in [0.15, 0.2) is 5.78 Å². The lowest BCUT2D eigenvalue weighted by molar-refractivity contribution is -0.114. The molecule has 2 aromatic carbocycles. The van der Waals surface area contributed by atoms with Gasteiger partial charge in [-0.25, -0.2) is 4.79 Å². The van der Waals surface area contributed by atoms with Gasteiger partial charge in [-0.3, -0.25) is 9.59 Å². The summed E-state index contributed by atoms with van der Waals surface area (Å²) in [4.78, 5) is 38.6. The Morgan fingerprint density at radius 1 is 0.857 bits per heavy atom. The number of Topliss-reactive ketones (excluding diaryl/α,β-unsaturated/α-hetero) is 1. The SMILES string of the molecule is CC(=O)Nc1ccc(N2CCN(c3ccc(C(C)=O)cc3)CC2)cc1C(=O)O. The molecule has 1 aliphatic heterocycles. The minimum Gasteiger partial charge on any atom is -0.478 e. The highest BCUT2D eigenvalue weighted by atomic mass is 16.4. The first kappa shape index (κ1) is 19.4. The molecule has 0 aromatic heterocycles. The summed E-state index contributed by atoms with van der Waals surface area (Å²) >= 11 is 0. The van der Waals surface area contributed by atoms with Gasteiger partial charge in [-0.1, -0.05) is 0 Å². The second kappa shape index (κ2) is 8.12. The van der Waals surface area contributed by atoms with E-state index in [1.54, 1.807) is 19.1 Å². The van der Waals surface area contributed by atoms with Crippen molar-refractivity contribution in [2.45, 2.75) is 13.8 Å². The van der Waals surface area contributed by atoms with Crippen molar-refractivity contribution in [2.24, 2.45) is 0 Å². The number of amides is 1. The van der Waals surface area contributed by atoms with E-state index >= 15 is 0 Å². The van der Waals surface area contributed by atoms with E-state index in [1.807, 2.05) is 30.3 Å². The van der Waals surface area contributed by atoms with E-state index in [2.05, 4.69) is 15.1 Å². The minimum atomic E-state index is -1.07. The summed E-state index contributed by atoms with van der Waals surface area (Å²) in [5, 5.41) is 12.0. The second-order valence-electron chi connectivity index (χ2n) is 6.79. The van der Waals surface area contributed by atoms with Crippen LogP contribution in [0.5, 0.6) is 0 Å². The number of hydrogen-bond donors (Lipinski definition) is 2. The zero-order valence-corrected chi connectivity index (χ0v) is 15.9. The van der Waals surface area contributed by atoms with Crippen molar-refractivity contribution in [3.05, 3.63) is 53.6 Å². The molecule has 1 amide bonds. The van der Waals surface area contributed by atoms with E-state index in [-0.39, 0.29) is 17.3 Å². The van der Waals surface area contributed by atoms with Crippen molar-refractivity contribution in [1.82, 2.24) is 0 Å². The van der Waals surface area contributed by atoms with Gasteiger partial charge < -0.3 is 20.2 Å². The Balaban J connectivity index is 1.70. The predicted octanol–water partition coefficient (Wildman–Crippen LogP) is 2.87. The Morgan fingerprint density at radius 3 is 1.89 bits per heavy atom. The fourth-order valence-corrected chi connectivity index (χ4v) is 3.33. The molecule has 0 saturated carbocycles. The number of aromatic carboxylic acids is 1. The molecule has 2 aromatic rings. The quantitative estimate of drug-likeness (QED) is 0.774. The van der Waals surface area contributed by atoms with E-state index in [1.165, 1.54) is 6.92 Å². The van der Waals surface area contributed by atoms with E-state index < -0.39 is 5.97 Å². The lowest BCUT2D eigenvalue weighted by Gasteiger charge is -2.37. The van der Waals surface area contributed by atoms with Gasteiger partial charge in [-0.05, 0) is 49.4 Å². The summed E-state index contributed by atoms with van der Waals surface area (Å²) in [6.45, 7) is 5.96. The molecule has 1 heterocycles. The van der Waals surface area contributed by atoms with Crippen LogP contribution in [-0.4, -0.2) is 48.9 Å². The first-order chi connectivity index (χ1) is 13.3. The van der Waals surface area contributed by atoms with Crippen LogP contribution >= 0.6 is 0 Å². The molecule has 146 valence electrons. The largest absolute Gasteiger partial charge is 0.478 e. The number of carboxylic acids is 1. The summed E-state index contributed by atoms with van der Waals surface area (Å²) in [6.07, 6.45) is 0. The molecule has 3 rings (SSSR count). The molecule has 28 heavy (non-hydrogen) atoms. The molecule has 2 N–H and O–H groups in total. The summed E-state index contributed by atoms with van der Waals surface area (Å²) in [5.41, 5.74) is 2.96. The second-order valence-corrected chi connectivity index (χ2v) is 6.79. The van der Waals surface area contributed by atoms with Gasteiger partial charge in [0, 0.05) is 50.0 Å². The van der Waals surface area contributed by atoms with Crippen molar-refractivity contribution in [2.75, 3.05) is 41.3 Å². The molecular weight excluding hydrogens is 358 g/mol. The Labute approximate surface area is 163 Å². The number of ketones is 1. The molecule has 7 heteroatoms. The van der Waals surface area contributed by atoms with Crippen molar-refractivity contribution in [1.29, 1.82) is 0 Å². The van der Waals surface area contributed by atoms with Crippen LogP contribution in [-0.2, 0) is 4.79 Å². The first-order valence-corrected chi connectivity index (χ1v) is 9.11. The highest BCUT2D eigenvalue weighted by Gasteiger charge is 2.20. The number of carbonyl (C=O) groups excluding carboxylic acids is 2. The van der Waals surface area contributed by atoms with Crippen LogP contribution in [0.3, 0.4) is 0 Å². The first-order valence-electron chi connectivity index (χ1n) is 9.11. The molecule has 7 nitrogen and oxygen atoms in total. The van der Waals surface area contributed by atoms with Gasteiger partial charge in [0.1, 0.15) is 0 Å². The van der Waals surface area contributed by atoms with Gasteiger partial charge in [0.2, 0.25) is 5.91 Å². The van der Waals surface area contributed by atoms with Crippen molar-refractivity contribution in [3.8, 4) is 0 Å². The zero-order valence-electron chi connectivity index (χ0n) is 15.9. The lowest BCUT2D eigenvalue weighted by atomic mass is 10.1. The number of rotatable bonds is 5. The number of carboxylic acid groups (broad SMARTS) is 1. The van der Waals surface area contributed by atoms with Crippen LogP contribution < -0.4 is 15.1 Å². The number of hydrogen-bond acceptors (Lipinski definition) is 5. The molecule has 0 aliphatic carbocycles. The fraction of sp³-hybridized carbons (Fsp3) is 0.286. The van der Waals surface area contributed by atoms with Gasteiger partial charge >= 0.3 is 5.97 Å². The number of nitrogens with one attached hydrogen (secondary N) is 1. The molecule has 1 aliphatic rings. The zero-order chi connectivity index (χ0) is 20.3. The molecular formula is C21H23N3O4. The molecule has 1 fully saturated rings. The maximum atomic E-state index is 11.5. The normalized spacial score (nSPS) is 13.9. The van der Waals surface area contributed by atoms with E-state index in [9.17, 15) is 19.5 Å².